The van der Waals surface area contributed by atoms with Crippen molar-refractivity contribution in [3.05, 3.63) is 36.4 Å². The lowest BCUT2D eigenvalue weighted by atomic mass is 9.85. The Labute approximate surface area is 170 Å². The number of ether oxygens (including phenoxy) is 1. The Morgan fingerprint density at radius 2 is 1.52 bits per heavy atom. The quantitative estimate of drug-likeness (QED) is 0.571. The predicted octanol–water partition coefficient (Wildman–Crippen LogP) is 1.68. The van der Waals surface area contributed by atoms with E-state index in [2.05, 4.69) is 4.90 Å². The molecule has 1 aromatic carbocycles. The van der Waals surface area contributed by atoms with Crippen molar-refractivity contribution in [1.82, 2.24) is 9.80 Å². The number of methoxy groups -OCH3 is 1. The van der Waals surface area contributed by atoms with Gasteiger partial charge in [-0.25, -0.2) is 0 Å². The smallest absolute Gasteiger partial charge is 0.245 e. The molecule has 29 heavy (non-hydrogen) atoms. The zero-order valence-electron chi connectivity index (χ0n) is 16.9. The number of hydrogen-bond donors (Lipinski definition) is 0. The fourth-order valence-corrected chi connectivity index (χ4v) is 4.56. The number of imide groups is 1. The summed E-state index contributed by atoms with van der Waals surface area (Å²) < 4.78 is 5.20. The highest BCUT2D eigenvalue weighted by molar-refractivity contribution is 6.08. The third kappa shape index (κ3) is 3.50. The number of allylic oxidation sites excluding steroid dienone is 2. The number of piperazine rings is 1. The summed E-state index contributed by atoms with van der Waals surface area (Å²) in [5.74, 6) is -0.312. The van der Waals surface area contributed by atoms with Crippen molar-refractivity contribution < 1.29 is 19.1 Å². The lowest BCUT2D eigenvalue weighted by molar-refractivity contribution is -0.151. The van der Waals surface area contributed by atoms with Gasteiger partial charge in [-0.2, -0.15) is 0 Å². The van der Waals surface area contributed by atoms with E-state index in [0.717, 1.165) is 11.4 Å². The minimum atomic E-state index is -0.742. The second-order valence-electron chi connectivity index (χ2n) is 7.89. The fourth-order valence-electron chi connectivity index (χ4n) is 4.56. The van der Waals surface area contributed by atoms with Crippen LogP contribution in [0.4, 0.5) is 5.69 Å². The first-order chi connectivity index (χ1) is 14.0. The molecule has 3 atom stereocenters. The number of carbonyl (C=O) groups excluding carboxylic acids is 3. The highest BCUT2D eigenvalue weighted by Gasteiger charge is 2.50. The first kappa shape index (κ1) is 19.5. The van der Waals surface area contributed by atoms with Gasteiger partial charge in [-0.1, -0.05) is 12.2 Å². The summed E-state index contributed by atoms with van der Waals surface area (Å²) in [6.07, 6.45) is 5.10. The van der Waals surface area contributed by atoms with Gasteiger partial charge in [-0.15, -0.1) is 0 Å². The normalized spacial score (nSPS) is 25.2. The molecule has 4 rings (SSSR count). The van der Waals surface area contributed by atoms with Gasteiger partial charge >= 0.3 is 0 Å². The largest absolute Gasteiger partial charge is 0.497 e. The molecule has 0 saturated carbocycles. The number of amides is 3. The summed E-state index contributed by atoms with van der Waals surface area (Å²) in [4.78, 5) is 43.8. The fraction of sp³-hybridized carbons (Fsp3) is 0.500. The molecular weight excluding hydrogens is 370 g/mol. The summed E-state index contributed by atoms with van der Waals surface area (Å²) in [6, 6.07) is 7.13. The Hall–Kier alpha value is -2.83. The van der Waals surface area contributed by atoms with Crippen LogP contribution in [0.15, 0.2) is 36.4 Å². The van der Waals surface area contributed by atoms with Crippen molar-refractivity contribution in [2.75, 3.05) is 38.2 Å². The van der Waals surface area contributed by atoms with E-state index in [4.69, 9.17) is 4.74 Å². The van der Waals surface area contributed by atoms with Crippen LogP contribution in [0.2, 0.25) is 0 Å². The van der Waals surface area contributed by atoms with E-state index in [-0.39, 0.29) is 29.6 Å². The number of anilines is 1. The van der Waals surface area contributed by atoms with Crippen LogP contribution in [0, 0.1) is 11.8 Å². The maximum absolute atomic E-state index is 13.0. The van der Waals surface area contributed by atoms with Crippen LogP contribution in [0.1, 0.15) is 19.8 Å². The maximum Gasteiger partial charge on any atom is 0.245 e. The van der Waals surface area contributed by atoms with Crippen molar-refractivity contribution in [2.45, 2.75) is 25.8 Å². The van der Waals surface area contributed by atoms with Crippen molar-refractivity contribution in [2.24, 2.45) is 11.8 Å². The van der Waals surface area contributed by atoms with E-state index >= 15 is 0 Å². The zero-order valence-corrected chi connectivity index (χ0v) is 16.9. The third-order valence-electron chi connectivity index (χ3n) is 6.32. The molecule has 0 radical (unpaired) electrons. The number of likely N-dealkylation sites (tertiary alicyclic amines) is 1. The van der Waals surface area contributed by atoms with E-state index in [9.17, 15) is 14.4 Å². The number of rotatable bonds is 4. The van der Waals surface area contributed by atoms with Crippen LogP contribution in [-0.4, -0.2) is 66.9 Å². The molecule has 2 aliphatic heterocycles. The summed E-state index contributed by atoms with van der Waals surface area (Å²) in [5, 5.41) is 0. The molecule has 154 valence electrons. The van der Waals surface area contributed by atoms with E-state index in [1.54, 1.807) is 18.9 Å². The van der Waals surface area contributed by atoms with E-state index in [1.807, 2.05) is 36.4 Å². The van der Waals surface area contributed by atoms with Crippen molar-refractivity contribution >= 4 is 23.4 Å². The lowest BCUT2D eigenvalue weighted by Gasteiger charge is -2.38. The van der Waals surface area contributed by atoms with Crippen molar-refractivity contribution in [3.63, 3.8) is 0 Å². The second kappa shape index (κ2) is 7.89. The first-order valence-corrected chi connectivity index (χ1v) is 10.2. The lowest BCUT2D eigenvalue weighted by Crippen LogP contribution is -2.55. The molecule has 3 aliphatic rings. The van der Waals surface area contributed by atoms with Gasteiger partial charge < -0.3 is 14.5 Å². The van der Waals surface area contributed by atoms with Crippen LogP contribution in [0.5, 0.6) is 5.75 Å². The minimum absolute atomic E-state index is 0.146. The standard InChI is InChI=1S/C22H27N3O4/c1-15(25-21(27)18-5-3-4-6-19(18)22(25)28)20(26)24-13-11-23(12-14-24)16-7-9-17(29-2)10-8-16/h3-4,7-10,15,18-19H,5-6,11-14H2,1-2H3. The summed E-state index contributed by atoms with van der Waals surface area (Å²) >= 11 is 0. The Kier molecular flexibility index (Phi) is 5.30. The molecule has 2 saturated heterocycles. The summed E-state index contributed by atoms with van der Waals surface area (Å²) in [7, 11) is 1.64. The Morgan fingerprint density at radius 1 is 0.966 bits per heavy atom. The molecule has 0 N–H and O–H groups in total. The van der Waals surface area contributed by atoms with Gasteiger partial charge in [0.05, 0.1) is 18.9 Å². The van der Waals surface area contributed by atoms with Crippen LogP contribution < -0.4 is 9.64 Å². The number of carbonyl (C=O) groups is 3. The highest BCUT2D eigenvalue weighted by atomic mass is 16.5. The number of fused-ring (bicyclic) bond motifs is 1. The van der Waals surface area contributed by atoms with Gasteiger partial charge in [-0.3, -0.25) is 19.3 Å². The molecule has 0 bridgehead atoms. The molecule has 3 amide bonds. The minimum Gasteiger partial charge on any atom is -0.497 e. The predicted molar refractivity (Wildman–Crippen MR) is 108 cm³/mol. The maximum atomic E-state index is 13.0. The Balaban J connectivity index is 1.38. The van der Waals surface area contributed by atoms with Crippen LogP contribution in [-0.2, 0) is 14.4 Å². The van der Waals surface area contributed by atoms with Crippen LogP contribution in [0.3, 0.4) is 0 Å². The van der Waals surface area contributed by atoms with E-state index in [1.165, 1.54) is 4.90 Å². The topological polar surface area (TPSA) is 70.2 Å². The van der Waals surface area contributed by atoms with Gasteiger partial charge in [-0.05, 0) is 44.0 Å². The van der Waals surface area contributed by atoms with Gasteiger partial charge in [0.15, 0.2) is 0 Å². The van der Waals surface area contributed by atoms with Gasteiger partial charge in [0.1, 0.15) is 11.8 Å². The molecular formula is C22H27N3O4. The summed E-state index contributed by atoms with van der Waals surface area (Å²) in [6.45, 7) is 4.24. The van der Waals surface area contributed by atoms with Gasteiger partial charge in [0.25, 0.3) is 0 Å². The molecule has 0 aromatic heterocycles. The van der Waals surface area contributed by atoms with E-state index in [0.29, 0.717) is 39.0 Å². The van der Waals surface area contributed by atoms with Crippen molar-refractivity contribution in [1.29, 1.82) is 0 Å². The monoisotopic (exact) mass is 397 g/mol. The molecule has 1 aliphatic carbocycles. The average molecular weight is 397 g/mol. The molecule has 3 unspecified atom stereocenters. The number of nitrogens with zero attached hydrogens (tertiary/aromatic N) is 3. The van der Waals surface area contributed by atoms with E-state index < -0.39 is 6.04 Å². The first-order valence-electron chi connectivity index (χ1n) is 10.2. The zero-order chi connectivity index (χ0) is 20.5. The average Bonchev–Trinajstić information content (AvgIpc) is 3.03. The molecule has 0 spiro atoms. The third-order valence-corrected chi connectivity index (χ3v) is 6.32. The van der Waals surface area contributed by atoms with Gasteiger partial charge in [0, 0.05) is 31.9 Å². The van der Waals surface area contributed by atoms with Crippen LogP contribution >= 0.6 is 0 Å². The molecule has 7 nitrogen and oxygen atoms in total. The molecule has 2 heterocycles. The van der Waals surface area contributed by atoms with Crippen LogP contribution in [0.25, 0.3) is 0 Å². The number of hydrogen-bond acceptors (Lipinski definition) is 5. The molecule has 7 heteroatoms. The Morgan fingerprint density at radius 3 is 2.03 bits per heavy atom. The highest BCUT2D eigenvalue weighted by Crippen LogP contribution is 2.36. The number of benzene rings is 1. The molecule has 1 aromatic rings. The Bertz CT molecular complexity index is 801. The SMILES string of the molecule is COc1ccc(N2CCN(C(=O)C(C)N3C(=O)C4CC=CCC4C3=O)CC2)cc1. The van der Waals surface area contributed by atoms with Gasteiger partial charge in [0.2, 0.25) is 17.7 Å². The summed E-state index contributed by atoms with van der Waals surface area (Å²) in [5.41, 5.74) is 1.09. The molecule has 2 fully saturated rings. The second-order valence-corrected chi connectivity index (χ2v) is 7.89. The van der Waals surface area contributed by atoms with Crippen molar-refractivity contribution in [3.8, 4) is 5.75 Å².